The Morgan fingerprint density at radius 3 is 2.64 bits per heavy atom. The van der Waals surface area contributed by atoms with E-state index in [0.29, 0.717) is 28.2 Å². The van der Waals surface area contributed by atoms with Crippen LogP contribution < -0.4 is 4.74 Å². The van der Waals surface area contributed by atoms with E-state index < -0.39 is 12.3 Å². The molecule has 0 atom stereocenters. The summed E-state index contributed by atoms with van der Waals surface area (Å²) in [6.07, 6.45) is -4.78. The molecule has 0 fully saturated rings. The van der Waals surface area contributed by atoms with E-state index in [1.807, 2.05) is 13.0 Å². The topological polar surface area (TPSA) is 64.4 Å². The highest BCUT2D eigenvalue weighted by Gasteiger charge is 2.31. The predicted molar refractivity (Wildman–Crippen MR) is 97.7 cm³/mol. The number of ether oxygens (including phenoxy) is 1. The number of alkyl halides is 3. The molecule has 1 heterocycles. The van der Waals surface area contributed by atoms with Gasteiger partial charge in [-0.3, -0.25) is 9.48 Å². The van der Waals surface area contributed by atoms with Gasteiger partial charge in [0, 0.05) is 22.9 Å². The molecule has 5 nitrogen and oxygen atoms in total. The molecule has 3 rings (SSSR count). The van der Waals surface area contributed by atoms with Gasteiger partial charge >= 0.3 is 12.3 Å². The lowest BCUT2D eigenvalue weighted by molar-refractivity contribution is -0.274. The molecule has 148 valence electrons. The van der Waals surface area contributed by atoms with E-state index >= 15 is 0 Å². The Bertz CT molecular complexity index is 1030. The van der Waals surface area contributed by atoms with Crippen molar-refractivity contribution in [3.63, 3.8) is 0 Å². The zero-order chi connectivity index (χ0) is 20.5. The van der Waals surface area contributed by atoms with Gasteiger partial charge in [0.15, 0.2) is 0 Å². The Hall–Kier alpha value is -2.74. The molecule has 1 aromatic heterocycles. The summed E-state index contributed by atoms with van der Waals surface area (Å²) in [4.78, 5) is 10.9. The third-order valence-electron chi connectivity index (χ3n) is 4.23. The Morgan fingerprint density at radius 2 is 2.00 bits per heavy atom. The molecule has 0 amide bonds. The molecule has 0 spiro atoms. The molecule has 1 N–H and O–H groups in total. The maximum Gasteiger partial charge on any atom is 0.573 e. The summed E-state index contributed by atoms with van der Waals surface area (Å²) in [7, 11) is 0. The molecule has 0 aliphatic rings. The number of nitrogens with zero attached hydrogens (tertiary/aromatic N) is 2. The molecule has 9 heteroatoms. The van der Waals surface area contributed by atoms with Crippen LogP contribution in [0.3, 0.4) is 0 Å². The lowest BCUT2D eigenvalue weighted by atomic mass is 10.1. The van der Waals surface area contributed by atoms with Crippen LogP contribution in [-0.4, -0.2) is 27.2 Å². The average Bonchev–Trinajstić information content (AvgIpc) is 2.91. The van der Waals surface area contributed by atoms with Crippen LogP contribution in [0.15, 0.2) is 36.4 Å². The maximum atomic E-state index is 12.6. The molecule has 0 saturated heterocycles. The van der Waals surface area contributed by atoms with Gasteiger partial charge in [0.25, 0.3) is 0 Å². The number of aromatic nitrogens is 2. The molecule has 2 aromatic carbocycles. The highest BCUT2D eigenvalue weighted by molar-refractivity contribution is 6.30. The lowest BCUT2D eigenvalue weighted by Gasteiger charge is -2.10. The first kappa shape index (κ1) is 20.0. The van der Waals surface area contributed by atoms with Crippen LogP contribution in [0.4, 0.5) is 13.2 Å². The summed E-state index contributed by atoms with van der Waals surface area (Å²) in [5.41, 5.74) is 2.73. The van der Waals surface area contributed by atoms with E-state index in [1.165, 1.54) is 18.2 Å². The van der Waals surface area contributed by atoms with Gasteiger partial charge in [0.05, 0.1) is 24.2 Å². The lowest BCUT2D eigenvalue weighted by Crippen LogP contribution is -2.17. The van der Waals surface area contributed by atoms with Crippen molar-refractivity contribution in [1.82, 2.24) is 9.78 Å². The second kappa shape index (κ2) is 7.71. The maximum absolute atomic E-state index is 12.6. The van der Waals surface area contributed by atoms with E-state index in [9.17, 15) is 18.0 Å². The number of rotatable bonds is 6. The van der Waals surface area contributed by atoms with E-state index in [-0.39, 0.29) is 18.6 Å². The molecule has 0 aliphatic carbocycles. The number of aliphatic carboxylic acids is 1. The third-order valence-corrected chi connectivity index (χ3v) is 4.47. The number of fused-ring (bicyclic) bond motifs is 1. The highest BCUT2D eigenvalue weighted by Crippen LogP contribution is 2.29. The first-order valence-corrected chi connectivity index (χ1v) is 8.72. The summed E-state index contributed by atoms with van der Waals surface area (Å²) >= 11 is 5.97. The van der Waals surface area contributed by atoms with Crippen LogP contribution in [0.5, 0.6) is 5.75 Å². The molecule has 0 saturated carbocycles. The molecule has 0 aliphatic heterocycles. The molecule has 0 radical (unpaired) electrons. The second-order valence-corrected chi connectivity index (χ2v) is 6.73. The number of carboxylic acids is 1. The number of hydrogen-bond donors (Lipinski definition) is 1. The van der Waals surface area contributed by atoms with Gasteiger partial charge in [-0.15, -0.1) is 13.2 Å². The van der Waals surface area contributed by atoms with Gasteiger partial charge < -0.3 is 9.84 Å². The van der Waals surface area contributed by atoms with Crippen LogP contribution in [0, 0.1) is 6.92 Å². The smallest absolute Gasteiger partial charge is 0.481 e. The van der Waals surface area contributed by atoms with Crippen LogP contribution in [0.2, 0.25) is 5.02 Å². The quantitative estimate of drug-likeness (QED) is 0.621. The van der Waals surface area contributed by atoms with Gasteiger partial charge in [-0.25, -0.2) is 0 Å². The standard InChI is InChI=1S/C19H16ClF3N2O3/c1-11-8-13(20)3-2-12(11)10-25-17-9-14(28-19(21,22)23)4-5-15(17)16(24-25)6-7-18(26)27/h2-5,8-9H,6-7,10H2,1H3,(H,26,27). The van der Waals surface area contributed by atoms with Gasteiger partial charge in [0.2, 0.25) is 0 Å². The fourth-order valence-electron chi connectivity index (χ4n) is 2.95. The minimum absolute atomic E-state index is 0.132. The van der Waals surface area contributed by atoms with Crippen molar-refractivity contribution < 1.29 is 27.8 Å². The zero-order valence-corrected chi connectivity index (χ0v) is 15.5. The van der Waals surface area contributed by atoms with E-state index in [0.717, 1.165) is 11.1 Å². The number of benzene rings is 2. The Balaban J connectivity index is 2.04. The SMILES string of the molecule is Cc1cc(Cl)ccc1Cn1nc(CCC(=O)O)c2ccc(OC(F)(F)F)cc21. The summed E-state index contributed by atoms with van der Waals surface area (Å²) in [6, 6.07) is 9.24. The normalized spacial score (nSPS) is 11.8. The van der Waals surface area contributed by atoms with E-state index in [4.69, 9.17) is 16.7 Å². The largest absolute Gasteiger partial charge is 0.573 e. The van der Waals surface area contributed by atoms with Crippen LogP contribution in [0.1, 0.15) is 23.2 Å². The van der Waals surface area contributed by atoms with Gasteiger partial charge in [-0.05, 0) is 42.3 Å². The molecule has 0 bridgehead atoms. The van der Waals surface area contributed by atoms with Gasteiger partial charge in [-0.1, -0.05) is 17.7 Å². The van der Waals surface area contributed by atoms with Gasteiger partial charge in [0.1, 0.15) is 5.75 Å². The minimum Gasteiger partial charge on any atom is -0.481 e. The summed E-state index contributed by atoms with van der Waals surface area (Å²) in [5.74, 6) is -1.34. The molecular formula is C19H16ClF3N2O3. The highest BCUT2D eigenvalue weighted by atomic mass is 35.5. The van der Waals surface area contributed by atoms with Crippen molar-refractivity contribution in [2.24, 2.45) is 0 Å². The van der Waals surface area contributed by atoms with Crippen LogP contribution in [-0.2, 0) is 17.8 Å². The summed E-state index contributed by atoms with van der Waals surface area (Å²) in [5, 5.41) is 14.5. The minimum atomic E-state index is -4.81. The second-order valence-electron chi connectivity index (χ2n) is 6.30. The summed E-state index contributed by atoms with van der Waals surface area (Å²) in [6.45, 7) is 2.17. The Labute approximate surface area is 163 Å². The van der Waals surface area contributed by atoms with Crippen molar-refractivity contribution in [2.45, 2.75) is 32.7 Å². The number of aryl methyl sites for hydroxylation is 2. The predicted octanol–water partition coefficient (Wildman–Crippen LogP) is 4.96. The van der Waals surface area contributed by atoms with Crippen LogP contribution >= 0.6 is 11.6 Å². The number of carboxylic acid groups (broad SMARTS) is 1. The Morgan fingerprint density at radius 1 is 1.25 bits per heavy atom. The van der Waals surface area contributed by atoms with Crippen molar-refractivity contribution in [3.8, 4) is 5.75 Å². The first-order chi connectivity index (χ1) is 13.1. The number of hydrogen-bond acceptors (Lipinski definition) is 3. The van der Waals surface area contributed by atoms with Crippen molar-refractivity contribution >= 4 is 28.5 Å². The Kier molecular flexibility index (Phi) is 5.51. The average molecular weight is 413 g/mol. The van der Waals surface area contributed by atoms with E-state index in [1.54, 1.807) is 16.8 Å². The molecule has 3 aromatic rings. The third kappa shape index (κ3) is 4.75. The monoisotopic (exact) mass is 412 g/mol. The number of carbonyl (C=O) groups is 1. The fourth-order valence-corrected chi connectivity index (χ4v) is 3.17. The first-order valence-electron chi connectivity index (χ1n) is 8.34. The summed E-state index contributed by atoms with van der Waals surface area (Å²) < 4.78 is 43.3. The van der Waals surface area contributed by atoms with Crippen molar-refractivity contribution in [3.05, 3.63) is 58.2 Å². The fraction of sp³-hybridized carbons (Fsp3) is 0.263. The van der Waals surface area contributed by atoms with Crippen LogP contribution in [0.25, 0.3) is 10.9 Å². The van der Waals surface area contributed by atoms with Crippen molar-refractivity contribution in [1.29, 1.82) is 0 Å². The zero-order valence-electron chi connectivity index (χ0n) is 14.8. The van der Waals surface area contributed by atoms with E-state index in [2.05, 4.69) is 9.84 Å². The molecule has 0 unspecified atom stereocenters. The molecule has 28 heavy (non-hydrogen) atoms. The number of halogens is 4. The van der Waals surface area contributed by atoms with Crippen molar-refractivity contribution in [2.75, 3.05) is 0 Å². The van der Waals surface area contributed by atoms with Gasteiger partial charge in [-0.2, -0.15) is 5.10 Å². The molecular weight excluding hydrogens is 397 g/mol.